The molecule has 1 aliphatic rings. The SMILES string of the molecule is CN(C)CCN1CCN(c2ccc(Cl)cn2)CC1. The third kappa shape index (κ3) is 3.83. The van der Waals surface area contributed by atoms with Gasteiger partial charge in [-0.3, -0.25) is 4.90 Å². The van der Waals surface area contributed by atoms with Crippen LogP contribution in [0, 0.1) is 0 Å². The molecule has 0 radical (unpaired) electrons. The molecule has 0 aromatic carbocycles. The Morgan fingerprint density at radius 1 is 1.22 bits per heavy atom. The summed E-state index contributed by atoms with van der Waals surface area (Å²) >= 11 is 5.85. The Balaban J connectivity index is 1.81. The second-order valence-electron chi connectivity index (χ2n) is 4.97. The van der Waals surface area contributed by atoms with Crippen LogP contribution in [-0.2, 0) is 0 Å². The maximum absolute atomic E-state index is 5.85. The number of pyridine rings is 1. The van der Waals surface area contributed by atoms with Crippen LogP contribution < -0.4 is 4.90 Å². The number of halogens is 1. The van der Waals surface area contributed by atoms with Crippen LogP contribution in [0.4, 0.5) is 5.82 Å². The van der Waals surface area contributed by atoms with Gasteiger partial charge in [-0.15, -0.1) is 0 Å². The largest absolute Gasteiger partial charge is 0.354 e. The first-order valence-electron chi connectivity index (χ1n) is 6.39. The standard InChI is InChI=1S/C13H21ClN4/c1-16(2)5-6-17-7-9-18(10-8-17)13-4-3-12(14)11-15-13/h3-4,11H,5-10H2,1-2H3. The summed E-state index contributed by atoms with van der Waals surface area (Å²) in [5.74, 6) is 1.03. The number of hydrogen-bond donors (Lipinski definition) is 0. The molecule has 1 aromatic heterocycles. The van der Waals surface area contributed by atoms with Crippen LogP contribution in [0.2, 0.25) is 5.02 Å². The maximum atomic E-state index is 5.85. The van der Waals surface area contributed by atoms with E-state index in [0.29, 0.717) is 5.02 Å². The molecule has 5 heteroatoms. The Morgan fingerprint density at radius 3 is 2.50 bits per heavy atom. The lowest BCUT2D eigenvalue weighted by Gasteiger charge is -2.35. The van der Waals surface area contributed by atoms with Crippen molar-refractivity contribution in [1.29, 1.82) is 0 Å². The maximum Gasteiger partial charge on any atom is 0.128 e. The molecule has 0 atom stereocenters. The van der Waals surface area contributed by atoms with Crippen molar-refractivity contribution >= 4 is 17.4 Å². The Kier molecular flexibility index (Phi) is 4.80. The van der Waals surface area contributed by atoms with Gasteiger partial charge in [0.05, 0.1) is 5.02 Å². The van der Waals surface area contributed by atoms with E-state index in [2.05, 4.69) is 33.8 Å². The van der Waals surface area contributed by atoms with Gasteiger partial charge in [0, 0.05) is 45.5 Å². The lowest BCUT2D eigenvalue weighted by atomic mass is 10.3. The van der Waals surface area contributed by atoms with Gasteiger partial charge in [0.15, 0.2) is 0 Å². The zero-order valence-corrected chi connectivity index (χ0v) is 11.9. The molecule has 0 unspecified atom stereocenters. The summed E-state index contributed by atoms with van der Waals surface area (Å²) in [5.41, 5.74) is 0. The van der Waals surface area contributed by atoms with E-state index in [0.717, 1.165) is 45.1 Å². The Bertz CT molecular complexity index is 358. The van der Waals surface area contributed by atoms with Crippen molar-refractivity contribution in [1.82, 2.24) is 14.8 Å². The van der Waals surface area contributed by atoms with Crippen molar-refractivity contribution in [3.8, 4) is 0 Å². The fourth-order valence-electron chi connectivity index (χ4n) is 2.10. The van der Waals surface area contributed by atoms with E-state index in [1.165, 1.54) is 0 Å². The second-order valence-corrected chi connectivity index (χ2v) is 5.40. The van der Waals surface area contributed by atoms with Gasteiger partial charge in [-0.2, -0.15) is 0 Å². The summed E-state index contributed by atoms with van der Waals surface area (Å²) < 4.78 is 0. The van der Waals surface area contributed by atoms with Gasteiger partial charge in [0.1, 0.15) is 5.82 Å². The van der Waals surface area contributed by atoms with Gasteiger partial charge in [-0.05, 0) is 26.2 Å². The smallest absolute Gasteiger partial charge is 0.128 e. The van der Waals surface area contributed by atoms with E-state index in [1.807, 2.05) is 12.1 Å². The molecule has 0 spiro atoms. The Hall–Kier alpha value is -0.840. The minimum atomic E-state index is 0.698. The average Bonchev–Trinajstić information content (AvgIpc) is 2.38. The van der Waals surface area contributed by atoms with Crippen LogP contribution in [0.5, 0.6) is 0 Å². The van der Waals surface area contributed by atoms with Gasteiger partial charge in [-0.25, -0.2) is 4.98 Å². The van der Waals surface area contributed by atoms with Crippen LogP contribution in [0.1, 0.15) is 0 Å². The van der Waals surface area contributed by atoms with Crippen LogP contribution in [-0.4, -0.2) is 68.1 Å². The third-order valence-corrected chi connectivity index (χ3v) is 3.50. The molecule has 0 bridgehead atoms. The van der Waals surface area contributed by atoms with E-state index in [4.69, 9.17) is 11.6 Å². The monoisotopic (exact) mass is 268 g/mol. The van der Waals surface area contributed by atoms with Crippen molar-refractivity contribution in [2.45, 2.75) is 0 Å². The fourth-order valence-corrected chi connectivity index (χ4v) is 2.21. The molecule has 2 heterocycles. The van der Waals surface area contributed by atoms with E-state index in [1.54, 1.807) is 6.20 Å². The first kappa shape index (κ1) is 13.6. The number of nitrogens with zero attached hydrogens (tertiary/aromatic N) is 4. The van der Waals surface area contributed by atoms with E-state index in [-0.39, 0.29) is 0 Å². The molecule has 0 amide bonds. The molecule has 100 valence electrons. The average molecular weight is 269 g/mol. The van der Waals surface area contributed by atoms with Gasteiger partial charge in [0.25, 0.3) is 0 Å². The van der Waals surface area contributed by atoms with E-state index in [9.17, 15) is 0 Å². The molecule has 1 saturated heterocycles. The third-order valence-electron chi connectivity index (χ3n) is 3.27. The number of likely N-dealkylation sites (N-methyl/N-ethyl adjacent to an activating group) is 1. The summed E-state index contributed by atoms with van der Waals surface area (Å²) in [7, 11) is 4.24. The van der Waals surface area contributed by atoms with Gasteiger partial charge in [0.2, 0.25) is 0 Å². The predicted molar refractivity (Wildman–Crippen MR) is 76.5 cm³/mol. The van der Waals surface area contributed by atoms with E-state index >= 15 is 0 Å². The second kappa shape index (κ2) is 6.36. The summed E-state index contributed by atoms with van der Waals surface area (Å²) in [4.78, 5) is 11.4. The first-order valence-corrected chi connectivity index (χ1v) is 6.76. The zero-order chi connectivity index (χ0) is 13.0. The summed E-state index contributed by atoms with van der Waals surface area (Å²) in [6.45, 7) is 6.58. The summed E-state index contributed by atoms with van der Waals surface area (Å²) in [6, 6.07) is 3.90. The van der Waals surface area contributed by atoms with Crippen molar-refractivity contribution in [3.63, 3.8) is 0 Å². The molecule has 0 N–H and O–H groups in total. The van der Waals surface area contributed by atoms with Gasteiger partial charge >= 0.3 is 0 Å². The van der Waals surface area contributed by atoms with Crippen molar-refractivity contribution in [2.24, 2.45) is 0 Å². The highest BCUT2D eigenvalue weighted by Crippen LogP contribution is 2.15. The zero-order valence-electron chi connectivity index (χ0n) is 11.1. The number of piperazine rings is 1. The van der Waals surface area contributed by atoms with Crippen LogP contribution in [0.25, 0.3) is 0 Å². The quantitative estimate of drug-likeness (QED) is 0.824. The molecule has 0 saturated carbocycles. The Labute approximate surface area is 114 Å². The molecular formula is C13H21ClN4. The highest BCUT2D eigenvalue weighted by molar-refractivity contribution is 6.30. The molecule has 1 aliphatic heterocycles. The fraction of sp³-hybridized carbons (Fsp3) is 0.615. The number of anilines is 1. The normalized spacial score (nSPS) is 17.4. The molecule has 0 aliphatic carbocycles. The topological polar surface area (TPSA) is 22.6 Å². The minimum absolute atomic E-state index is 0.698. The number of hydrogen-bond acceptors (Lipinski definition) is 4. The lowest BCUT2D eigenvalue weighted by molar-refractivity contribution is 0.229. The van der Waals surface area contributed by atoms with Crippen LogP contribution in [0.15, 0.2) is 18.3 Å². The van der Waals surface area contributed by atoms with E-state index < -0.39 is 0 Å². The molecular weight excluding hydrogens is 248 g/mol. The number of aromatic nitrogens is 1. The molecule has 1 aromatic rings. The first-order chi connectivity index (χ1) is 8.65. The predicted octanol–water partition coefficient (Wildman–Crippen LogP) is 1.42. The van der Waals surface area contributed by atoms with Gasteiger partial charge < -0.3 is 9.80 Å². The molecule has 1 fully saturated rings. The summed E-state index contributed by atoms with van der Waals surface area (Å²) in [6.07, 6.45) is 1.72. The summed E-state index contributed by atoms with van der Waals surface area (Å²) in [5, 5.41) is 0.698. The Morgan fingerprint density at radius 2 is 1.94 bits per heavy atom. The highest BCUT2D eigenvalue weighted by Gasteiger charge is 2.17. The molecule has 18 heavy (non-hydrogen) atoms. The van der Waals surface area contributed by atoms with Crippen molar-refractivity contribution in [3.05, 3.63) is 23.4 Å². The minimum Gasteiger partial charge on any atom is -0.354 e. The van der Waals surface area contributed by atoms with Crippen molar-refractivity contribution < 1.29 is 0 Å². The van der Waals surface area contributed by atoms with Crippen molar-refractivity contribution in [2.75, 3.05) is 58.3 Å². The number of rotatable bonds is 4. The van der Waals surface area contributed by atoms with Crippen LogP contribution >= 0.6 is 11.6 Å². The van der Waals surface area contributed by atoms with Crippen LogP contribution in [0.3, 0.4) is 0 Å². The lowest BCUT2D eigenvalue weighted by Crippen LogP contribution is -2.48. The highest BCUT2D eigenvalue weighted by atomic mass is 35.5. The molecule has 2 rings (SSSR count). The van der Waals surface area contributed by atoms with Gasteiger partial charge in [-0.1, -0.05) is 11.6 Å². The molecule has 4 nitrogen and oxygen atoms in total.